The van der Waals surface area contributed by atoms with Crippen LogP contribution in [0.5, 0.6) is 5.75 Å². The summed E-state index contributed by atoms with van der Waals surface area (Å²) in [5.74, 6) is 0.398. The van der Waals surface area contributed by atoms with Gasteiger partial charge in [-0.25, -0.2) is 9.07 Å². The minimum absolute atomic E-state index is 0.0663. The molecule has 5 rings (SSSR count). The van der Waals surface area contributed by atoms with Gasteiger partial charge in [-0.2, -0.15) is 5.10 Å². The fraction of sp³-hybridized carbons (Fsp3) is 0.267. The molecule has 2 heterocycles. The maximum Gasteiger partial charge on any atom is 0.254 e. The first-order valence-corrected chi connectivity index (χ1v) is 12.6. The van der Waals surface area contributed by atoms with Crippen LogP contribution in [0.25, 0.3) is 5.69 Å². The van der Waals surface area contributed by atoms with Gasteiger partial charge in [0.15, 0.2) is 0 Å². The summed E-state index contributed by atoms with van der Waals surface area (Å²) in [5, 5.41) is 5.02. The second-order valence-electron chi connectivity index (χ2n) is 9.22. The molecule has 0 unspecified atom stereocenters. The average Bonchev–Trinajstić information content (AvgIpc) is 3.30. The maximum absolute atomic E-state index is 14.4. The number of halogens is 1. The molecule has 6 nitrogen and oxygen atoms in total. The zero-order valence-electron chi connectivity index (χ0n) is 21.2. The van der Waals surface area contributed by atoms with Crippen molar-refractivity contribution in [2.24, 2.45) is 0 Å². The van der Waals surface area contributed by atoms with E-state index in [9.17, 15) is 9.18 Å². The van der Waals surface area contributed by atoms with E-state index in [2.05, 4.69) is 4.90 Å². The Balaban J connectivity index is 1.46. The fourth-order valence-electron chi connectivity index (χ4n) is 4.90. The van der Waals surface area contributed by atoms with Crippen LogP contribution in [-0.4, -0.2) is 45.7 Å². The van der Waals surface area contributed by atoms with E-state index in [0.717, 1.165) is 35.6 Å². The lowest BCUT2D eigenvalue weighted by Crippen LogP contribution is -2.33. The SMILES string of the molecule is CCN(Cc1nn(-c2ccccc2)c2c1CN(Cc1ccccc1F)CC2)C(=O)c1cccc(OC)c1. The zero-order valence-corrected chi connectivity index (χ0v) is 21.2. The van der Waals surface area contributed by atoms with Crippen LogP contribution in [0.4, 0.5) is 4.39 Å². The number of nitrogens with zero attached hydrogens (tertiary/aromatic N) is 4. The molecule has 190 valence electrons. The Morgan fingerprint density at radius 1 is 1.05 bits per heavy atom. The van der Waals surface area contributed by atoms with Crippen LogP contribution in [0.15, 0.2) is 78.9 Å². The molecule has 0 N–H and O–H groups in total. The van der Waals surface area contributed by atoms with Gasteiger partial charge in [0.2, 0.25) is 0 Å². The number of amides is 1. The molecule has 7 heteroatoms. The highest BCUT2D eigenvalue weighted by Gasteiger charge is 2.28. The highest BCUT2D eigenvalue weighted by atomic mass is 19.1. The number of methoxy groups -OCH3 is 1. The monoisotopic (exact) mass is 498 g/mol. The fourth-order valence-corrected chi connectivity index (χ4v) is 4.90. The first-order chi connectivity index (χ1) is 18.1. The van der Waals surface area contributed by atoms with Crippen molar-refractivity contribution in [3.63, 3.8) is 0 Å². The van der Waals surface area contributed by atoms with Crippen LogP contribution in [0.3, 0.4) is 0 Å². The Morgan fingerprint density at radius 2 is 1.84 bits per heavy atom. The lowest BCUT2D eigenvalue weighted by atomic mass is 10.0. The topological polar surface area (TPSA) is 50.6 Å². The second-order valence-corrected chi connectivity index (χ2v) is 9.22. The Kier molecular flexibility index (Phi) is 7.32. The number of para-hydroxylation sites is 1. The largest absolute Gasteiger partial charge is 0.497 e. The van der Waals surface area contributed by atoms with E-state index in [-0.39, 0.29) is 11.7 Å². The first kappa shape index (κ1) is 24.7. The van der Waals surface area contributed by atoms with Gasteiger partial charge < -0.3 is 9.64 Å². The number of ether oxygens (including phenoxy) is 1. The minimum Gasteiger partial charge on any atom is -0.497 e. The number of benzene rings is 3. The summed E-state index contributed by atoms with van der Waals surface area (Å²) in [6.07, 6.45) is 0.793. The van der Waals surface area contributed by atoms with Gasteiger partial charge >= 0.3 is 0 Å². The van der Waals surface area contributed by atoms with E-state index in [0.29, 0.717) is 43.1 Å². The predicted octanol–water partition coefficient (Wildman–Crippen LogP) is 5.24. The molecule has 3 aromatic carbocycles. The highest BCUT2D eigenvalue weighted by molar-refractivity contribution is 5.94. The van der Waals surface area contributed by atoms with Crippen molar-refractivity contribution < 1.29 is 13.9 Å². The van der Waals surface area contributed by atoms with Crippen LogP contribution in [0.2, 0.25) is 0 Å². The molecule has 0 saturated carbocycles. The van der Waals surface area contributed by atoms with Crippen molar-refractivity contribution in [2.75, 3.05) is 20.2 Å². The van der Waals surface area contributed by atoms with Crippen molar-refractivity contribution in [3.05, 3.63) is 113 Å². The molecule has 0 atom stereocenters. The molecule has 0 fully saturated rings. The van der Waals surface area contributed by atoms with E-state index in [1.54, 1.807) is 19.2 Å². The van der Waals surface area contributed by atoms with Gasteiger partial charge in [0.25, 0.3) is 5.91 Å². The third kappa shape index (κ3) is 5.27. The van der Waals surface area contributed by atoms with Gasteiger partial charge in [-0.05, 0) is 43.3 Å². The lowest BCUT2D eigenvalue weighted by molar-refractivity contribution is 0.0749. The molecule has 1 aliphatic rings. The number of carbonyl (C=O) groups excluding carboxylic acids is 1. The molecule has 0 bridgehead atoms. The van der Waals surface area contributed by atoms with Crippen molar-refractivity contribution in [1.29, 1.82) is 0 Å². The first-order valence-electron chi connectivity index (χ1n) is 12.6. The molecule has 0 radical (unpaired) electrons. The van der Waals surface area contributed by atoms with Crippen molar-refractivity contribution in [3.8, 4) is 11.4 Å². The van der Waals surface area contributed by atoms with Crippen LogP contribution in [0, 0.1) is 5.82 Å². The highest BCUT2D eigenvalue weighted by Crippen LogP contribution is 2.28. The summed E-state index contributed by atoms with van der Waals surface area (Å²) in [6, 6.07) is 24.2. The number of hydrogen-bond acceptors (Lipinski definition) is 4. The number of aromatic nitrogens is 2. The summed E-state index contributed by atoms with van der Waals surface area (Å²) >= 11 is 0. The minimum atomic E-state index is -0.186. The van der Waals surface area contributed by atoms with Crippen molar-refractivity contribution in [1.82, 2.24) is 19.6 Å². The third-order valence-electron chi connectivity index (χ3n) is 6.90. The quantitative estimate of drug-likeness (QED) is 0.333. The molecule has 1 aliphatic heterocycles. The van der Waals surface area contributed by atoms with Gasteiger partial charge in [-0.3, -0.25) is 9.69 Å². The number of hydrogen-bond donors (Lipinski definition) is 0. The Labute approximate surface area is 216 Å². The Hall–Kier alpha value is -3.97. The summed E-state index contributed by atoms with van der Waals surface area (Å²) in [5.41, 5.74) is 5.40. The summed E-state index contributed by atoms with van der Waals surface area (Å²) < 4.78 is 21.7. The molecule has 37 heavy (non-hydrogen) atoms. The van der Waals surface area contributed by atoms with E-state index < -0.39 is 0 Å². The molecular formula is C30H31FN4O2. The summed E-state index contributed by atoms with van der Waals surface area (Å²) in [7, 11) is 1.59. The van der Waals surface area contributed by atoms with Crippen LogP contribution >= 0.6 is 0 Å². The van der Waals surface area contributed by atoms with E-state index in [4.69, 9.17) is 9.84 Å². The second kappa shape index (κ2) is 11.0. The van der Waals surface area contributed by atoms with E-state index in [1.807, 2.05) is 77.2 Å². The Bertz CT molecular complexity index is 1390. The normalized spacial score (nSPS) is 13.3. The van der Waals surface area contributed by atoms with Crippen LogP contribution < -0.4 is 4.74 Å². The molecule has 0 saturated heterocycles. The van der Waals surface area contributed by atoms with Gasteiger partial charge in [0, 0.05) is 49.3 Å². The van der Waals surface area contributed by atoms with Gasteiger partial charge in [0.1, 0.15) is 11.6 Å². The summed E-state index contributed by atoms with van der Waals surface area (Å²) in [4.78, 5) is 17.5. The van der Waals surface area contributed by atoms with Crippen LogP contribution in [0.1, 0.15) is 39.8 Å². The molecule has 0 spiro atoms. The summed E-state index contributed by atoms with van der Waals surface area (Å²) in [6.45, 7) is 4.89. The molecule has 1 amide bonds. The third-order valence-corrected chi connectivity index (χ3v) is 6.90. The van der Waals surface area contributed by atoms with Gasteiger partial charge in [-0.15, -0.1) is 0 Å². The van der Waals surface area contributed by atoms with Crippen molar-refractivity contribution in [2.45, 2.75) is 33.0 Å². The van der Waals surface area contributed by atoms with E-state index >= 15 is 0 Å². The lowest BCUT2D eigenvalue weighted by Gasteiger charge is -2.28. The maximum atomic E-state index is 14.4. The van der Waals surface area contributed by atoms with E-state index in [1.165, 1.54) is 6.07 Å². The number of rotatable bonds is 8. The Morgan fingerprint density at radius 3 is 2.59 bits per heavy atom. The zero-order chi connectivity index (χ0) is 25.8. The average molecular weight is 499 g/mol. The predicted molar refractivity (Wildman–Crippen MR) is 141 cm³/mol. The standard InChI is InChI=1S/C30H31FN4O2/c1-3-34(30(36)22-11-9-14-25(18-22)37-2)21-28-26-20-33(19-23-10-7-8-15-27(23)31)17-16-29(26)35(32-28)24-12-5-4-6-13-24/h4-15,18H,3,16-17,19-21H2,1-2H3. The number of carbonyl (C=O) groups is 1. The molecule has 4 aromatic rings. The molecule has 0 aliphatic carbocycles. The molecular weight excluding hydrogens is 467 g/mol. The number of fused-ring (bicyclic) bond motifs is 1. The smallest absolute Gasteiger partial charge is 0.254 e. The molecule has 1 aromatic heterocycles. The van der Waals surface area contributed by atoms with Gasteiger partial charge in [0.05, 0.1) is 30.7 Å². The van der Waals surface area contributed by atoms with Crippen molar-refractivity contribution >= 4 is 5.91 Å². The van der Waals surface area contributed by atoms with Crippen LogP contribution in [-0.2, 0) is 26.1 Å². The van der Waals surface area contributed by atoms with Gasteiger partial charge in [-0.1, -0.05) is 42.5 Å².